The molecule has 0 spiro atoms. The largest absolute Gasteiger partial charge is 0.337 e. The summed E-state index contributed by atoms with van der Waals surface area (Å²) in [6.45, 7) is 5.55. The van der Waals surface area contributed by atoms with E-state index in [0.717, 1.165) is 25.0 Å². The first-order chi connectivity index (χ1) is 17.7. The van der Waals surface area contributed by atoms with Crippen molar-refractivity contribution in [1.29, 1.82) is 0 Å². The van der Waals surface area contributed by atoms with Crippen molar-refractivity contribution in [3.05, 3.63) is 82.3 Å². The van der Waals surface area contributed by atoms with Crippen molar-refractivity contribution in [2.45, 2.75) is 57.9 Å². The maximum absolute atomic E-state index is 15.5. The number of aromatic nitrogens is 3. The molecule has 2 aromatic heterocycles. The van der Waals surface area contributed by atoms with Crippen LogP contribution in [0.25, 0.3) is 11.1 Å². The van der Waals surface area contributed by atoms with Crippen LogP contribution < -0.4 is 4.72 Å². The van der Waals surface area contributed by atoms with Gasteiger partial charge in [-0.05, 0) is 57.7 Å². The highest BCUT2D eigenvalue weighted by Gasteiger charge is 2.25. The zero-order chi connectivity index (χ0) is 26.3. The summed E-state index contributed by atoms with van der Waals surface area (Å²) >= 11 is 0. The van der Waals surface area contributed by atoms with E-state index < -0.39 is 15.8 Å². The second-order valence-corrected chi connectivity index (χ2v) is 11.0. The van der Waals surface area contributed by atoms with Crippen LogP contribution in [0.3, 0.4) is 0 Å². The van der Waals surface area contributed by atoms with Crippen LogP contribution in [-0.4, -0.2) is 28.9 Å². The lowest BCUT2D eigenvalue weighted by Crippen LogP contribution is -2.14. The minimum Gasteiger partial charge on any atom is -0.337 e. The Morgan fingerprint density at radius 2 is 1.81 bits per heavy atom. The number of benzene rings is 2. The highest BCUT2D eigenvalue weighted by Crippen LogP contribution is 2.32. The number of rotatable bonds is 6. The number of nitrogens with one attached hydrogen (secondary N) is 1. The first-order valence-electron chi connectivity index (χ1n) is 12.1. The quantitative estimate of drug-likeness (QED) is 0.342. The van der Waals surface area contributed by atoms with Gasteiger partial charge in [-0.1, -0.05) is 35.5 Å². The standard InChI is InChI=1S/C27H27FN4O4S/c1-16-17(2)30-36-27(16)31-37(34,35)25-11-7-4-8-21(25)20-13-12-19(14-22(20)28)15-32-18(3)29-23-9-5-6-10-24(33)26(23)32/h4,7-8,11-14,31H,5-6,9-10,15H2,1-3H3. The highest BCUT2D eigenvalue weighted by atomic mass is 32.2. The first kappa shape index (κ1) is 24.9. The van der Waals surface area contributed by atoms with Crippen molar-refractivity contribution >= 4 is 21.7 Å². The molecular weight excluding hydrogens is 495 g/mol. The van der Waals surface area contributed by atoms with Crippen LogP contribution in [-0.2, 0) is 23.0 Å². The molecule has 1 aliphatic rings. The van der Waals surface area contributed by atoms with Crippen LogP contribution in [0.1, 0.15) is 58.1 Å². The molecule has 2 heterocycles. The molecule has 0 aliphatic heterocycles. The number of carbonyl (C=O) groups is 1. The van der Waals surface area contributed by atoms with Gasteiger partial charge in [0.15, 0.2) is 5.78 Å². The van der Waals surface area contributed by atoms with E-state index in [1.165, 1.54) is 12.1 Å². The number of hydrogen-bond donors (Lipinski definition) is 1. The molecule has 0 unspecified atom stereocenters. The second kappa shape index (κ2) is 9.59. The normalized spacial score (nSPS) is 13.9. The van der Waals surface area contributed by atoms with Crippen LogP contribution in [0, 0.1) is 26.6 Å². The first-order valence-corrected chi connectivity index (χ1v) is 13.6. The van der Waals surface area contributed by atoms with E-state index >= 15 is 4.39 Å². The number of ketones is 1. The third-order valence-electron chi connectivity index (χ3n) is 6.79. The molecule has 192 valence electrons. The van der Waals surface area contributed by atoms with Crippen LogP contribution in [0.2, 0.25) is 0 Å². The number of anilines is 1. The second-order valence-electron chi connectivity index (χ2n) is 9.31. The minimum atomic E-state index is -4.09. The average molecular weight is 523 g/mol. The SMILES string of the molecule is Cc1noc(NS(=O)(=O)c2ccccc2-c2ccc(Cn3c(C)nc4c3C(=O)CCCC4)cc2F)c1C. The van der Waals surface area contributed by atoms with E-state index in [4.69, 9.17) is 4.52 Å². The van der Waals surface area contributed by atoms with Crippen LogP contribution in [0.5, 0.6) is 0 Å². The van der Waals surface area contributed by atoms with E-state index in [-0.39, 0.29) is 27.7 Å². The number of sulfonamides is 1. The van der Waals surface area contributed by atoms with Gasteiger partial charge in [-0.15, -0.1) is 0 Å². The number of nitrogens with zero attached hydrogens (tertiary/aromatic N) is 3. The van der Waals surface area contributed by atoms with Gasteiger partial charge in [0.25, 0.3) is 10.0 Å². The molecular formula is C27H27FN4O4S. The molecule has 0 fully saturated rings. The van der Waals surface area contributed by atoms with Gasteiger partial charge in [-0.25, -0.2) is 22.5 Å². The number of hydrogen-bond acceptors (Lipinski definition) is 6. The molecule has 1 N–H and O–H groups in total. The molecule has 4 aromatic rings. The van der Waals surface area contributed by atoms with E-state index in [1.807, 2.05) is 11.5 Å². The Morgan fingerprint density at radius 3 is 2.54 bits per heavy atom. The van der Waals surface area contributed by atoms with Gasteiger partial charge >= 0.3 is 0 Å². The van der Waals surface area contributed by atoms with Crippen LogP contribution >= 0.6 is 0 Å². The molecule has 0 amide bonds. The fourth-order valence-corrected chi connectivity index (χ4v) is 5.94. The summed E-state index contributed by atoms with van der Waals surface area (Å²) in [5, 5.41) is 3.78. The lowest BCUT2D eigenvalue weighted by Gasteiger charge is -2.14. The summed E-state index contributed by atoms with van der Waals surface area (Å²) in [7, 11) is -4.09. The summed E-state index contributed by atoms with van der Waals surface area (Å²) in [5.74, 6) is 0.230. The van der Waals surface area contributed by atoms with E-state index in [1.54, 1.807) is 44.2 Å². The number of aryl methyl sites for hydroxylation is 3. The molecule has 10 heteroatoms. The Hall–Kier alpha value is -3.79. The monoisotopic (exact) mass is 522 g/mol. The molecule has 1 aliphatic carbocycles. The number of halogens is 1. The Labute approximate surface area is 214 Å². The van der Waals surface area contributed by atoms with Gasteiger partial charge in [0.2, 0.25) is 5.88 Å². The molecule has 0 saturated carbocycles. The van der Waals surface area contributed by atoms with Crippen molar-refractivity contribution in [1.82, 2.24) is 14.7 Å². The summed E-state index contributed by atoms with van der Waals surface area (Å²) in [5.41, 5.74) is 3.57. The number of imidazole rings is 1. The molecule has 8 nitrogen and oxygen atoms in total. The maximum Gasteiger partial charge on any atom is 0.264 e. The predicted octanol–water partition coefficient (Wildman–Crippen LogP) is 5.36. The van der Waals surface area contributed by atoms with Gasteiger partial charge < -0.3 is 9.09 Å². The minimum absolute atomic E-state index is 0.0208. The Kier molecular flexibility index (Phi) is 6.45. The van der Waals surface area contributed by atoms with Gasteiger partial charge in [0.1, 0.15) is 17.3 Å². The van der Waals surface area contributed by atoms with Crippen molar-refractivity contribution in [3.63, 3.8) is 0 Å². The zero-order valence-electron chi connectivity index (χ0n) is 20.8. The zero-order valence-corrected chi connectivity index (χ0v) is 21.7. The van der Waals surface area contributed by atoms with Crippen molar-refractivity contribution in [3.8, 4) is 11.1 Å². The Balaban J connectivity index is 1.48. The van der Waals surface area contributed by atoms with Gasteiger partial charge in [-0.3, -0.25) is 4.79 Å². The maximum atomic E-state index is 15.5. The molecule has 0 atom stereocenters. The summed E-state index contributed by atoms with van der Waals surface area (Å²) in [6, 6.07) is 10.9. The highest BCUT2D eigenvalue weighted by molar-refractivity contribution is 7.92. The lowest BCUT2D eigenvalue weighted by molar-refractivity contribution is 0.0973. The lowest BCUT2D eigenvalue weighted by atomic mass is 10.0. The van der Waals surface area contributed by atoms with Gasteiger partial charge in [-0.2, -0.15) is 0 Å². The Morgan fingerprint density at radius 1 is 1.05 bits per heavy atom. The predicted molar refractivity (Wildman–Crippen MR) is 137 cm³/mol. The average Bonchev–Trinajstić information content (AvgIpc) is 3.26. The summed E-state index contributed by atoms with van der Waals surface area (Å²) in [4.78, 5) is 17.2. The van der Waals surface area contributed by atoms with Crippen LogP contribution in [0.4, 0.5) is 10.3 Å². The third-order valence-corrected chi connectivity index (χ3v) is 8.18. The molecule has 0 bridgehead atoms. The van der Waals surface area contributed by atoms with Crippen LogP contribution in [0.15, 0.2) is 51.9 Å². The van der Waals surface area contributed by atoms with Gasteiger partial charge in [0.05, 0.1) is 16.3 Å². The Bertz CT molecular complexity index is 1620. The molecule has 0 radical (unpaired) electrons. The molecule has 2 aromatic carbocycles. The van der Waals surface area contributed by atoms with Crippen molar-refractivity contribution < 1.29 is 22.1 Å². The number of Topliss-reactive ketones (excluding diaryl/α,β-unsaturated/α-hetero) is 1. The number of fused-ring (bicyclic) bond motifs is 1. The third kappa shape index (κ3) is 4.69. The summed E-state index contributed by atoms with van der Waals surface area (Å²) in [6.07, 6.45) is 3.00. The topological polar surface area (TPSA) is 107 Å². The smallest absolute Gasteiger partial charge is 0.264 e. The van der Waals surface area contributed by atoms with E-state index in [0.29, 0.717) is 41.3 Å². The molecule has 5 rings (SSSR count). The van der Waals surface area contributed by atoms with Crippen molar-refractivity contribution in [2.75, 3.05) is 4.72 Å². The number of carbonyl (C=O) groups excluding carboxylic acids is 1. The van der Waals surface area contributed by atoms with Gasteiger partial charge in [0, 0.05) is 29.7 Å². The fourth-order valence-electron chi connectivity index (χ4n) is 4.67. The molecule has 37 heavy (non-hydrogen) atoms. The summed E-state index contributed by atoms with van der Waals surface area (Å²) < 4.78 is 51.3. The van der Waals surface area contributed by atoms with E-state index in [9.17, 15) is 13.2 Å². The fraction of sp³-hybridized carbons (Fsp3) is 0.296. The van der Waals surface area contributed by atoms with E-state index in [2.05, 4.69) is 14.9 Å². The molecule has 0 saturated heterocycles. The van der Waals surface area contributed by atoms with Crippen molar-refractivity contribution in [2.24, 2.45) is 0 Å².